The molecular formula is C31H33N3O. The van der Waals surface area contributed by atoms with Crippen LogP contribution >= 0.6 is 0 Å². The van der Waals surface area contributed by atoms with Gasteiger partial charge in [0.05, 0.1) is 29.3 Å². The van der Waals surface area contributed by atoms with Crippen molar-refractivity contribution >= 4 is 17.1 Å². The summed E-state index contributed by atoms with van der Waals surface area (Å²) in [6, 6.07) is 21.7. The highest BCUT2D eigenvalue weighted by Gasteiger charge is 2.56. The third-order valence-corrected chi connectivity index (χ3v) is 7.89. The maximum absolute atomic E-state index is 9.79. The van der Waals surface area contributed by atoms with Gasteiger partial charge in [0.2, 0.25) is 0 Å². The fourth-order valence-corrected chi connectivity index (χ4v) is 6.29. The number of hydrogen-bond acceptors (Lipinski definition) is 4. The van der Waals surface area contributed by atoms with Gasteiger partial charge in [0.1, 0.15) is 5.66 Å². The second-order valence-electron chi connectivity index (χ2n) is 10.8. The molecule has 2 aromatic rings. The van der Waals surface area contributed by atoms with Crippen LogP contribution in [0.4, 0.5) is 0 Å². The van der Waals surface area contributed by atoms with Gasteiger partial charge in [-0.1, -0.05) is 73.2 Å². The molecule has 0 amide bonds. The van der Waals surface area contributed by atoms with Crippen molar-refractivity contribution in [3.63, 3.8) is 0 Å². The van der Waals surface area contributed by atoms with Crippen molar-refractivity contribution in [2.75, 3.05) is 6.61 Å². The first kappa shape index (κ1) is 22.2. The number of nitrogens with zero attached hydrogens (tertiary/aromatic N) is 3. The van der Waals surface area contributed by atoms with Crippen LogP contribution in [0.15, 0.2) is 101 Å². The van der Waals surface area contributed by atoms with Gasteiger partial charge in [-0.15, -0.1) is 0 Å². The topological polar surface area (TPSA) is 48.2 Å². The van der Waals surface area contributed by atoms with Crippen molar-refractivity contribution in [1.82, 2.24) is 4.90 Å². The third kappa shape index (κ3) is 3.71. The number of aliphatic hydroxyl groups excluding tert-OH is 1. The van der Waals surface area contributed by atoms with Crippen LogP contribution in [0.3, 0.4) is 0 Å². The molecule has 0 radical (unpaired) electrons. The van der Waals surface area contributed by atoms with Gasteiger partial charge in [0, 0.05) is 17.5 Å². The van der Waals surface area contributed by atoms with E-state index in [0.717, 1.165) is 23.5 Å². The first-order valence-corrected chi connectivity index (χ1v) is 12.8. The first-order valence-electron chi connectivity index (χ1n) is 12.8. The number of allylic oxidation sites excluding steroid dienone is 4. The molecule has 2 aromatic carbocycles. The summed E-state index contributed by atoms with van der Waals surface area (Å²) in [6.07, 6.45) is 13.5. The zero-order chi connectivity index (χ0) is 24.0. The Bertz CT molecular complexity index is 1270. The predicted octanol–water partition coefficient (Wildman–Crippen LogP) is 6.13. The third-order valence-electron chi connectivity index (χ3n) is 7.89. The molecule has 0 bridgehead atoms. The van der Waals surface area contributed by atoms with E-state index in [1.807, 2.05) is 19.9 Å². The summed E-state index contributed by atoms with van der Waals surface area (Å²) in [5.41, 5.74) is 6.09. The Morgan fingerprint density at radius 1 is 1.00 bits per heavy atom. The second kappa shape index (κ2) is 8.46. The standard InChI is InChI=1S/C31H33N3O/c1-30(2,21-35)32-24-16-17-27-29(19-24)34-28(23-13-7-4-8-14-23)20-25(22-11-5-3-6-12-22)26-15-9-10-18-31(26,34)33-27/h3-8,11-14,16-17,19-20,25-26,35H,9-10,15,18,21H2,1-2H3/t25-,26+,31+/m1/s1. The van der Waals surface area contributed by atoms with E-state index in [0.29, 0.717) is 11.8 Å². The summed E-state index contributed by atoms with van der Waals surface area (Å²) in [7, 11) is 0. The second-order valence-corrected chi connectivity index (χ2v) is 10.8. The molecule has 1 spiro atoms. The summed E-state index contributed by atoms with van der Waals surface area (Å²) in [5, 5.41) is 9.79. The van der Waals surface area contributed by atoms with E-state index in [2.05, 4.69) is 83.8 Å². The largest absolute Gasteiger partial charge is 0.394 e. The Morgan fingerprint density at radius 3 is 2.49 bits per heavy atom. The molecule has 0 aromatic heterocycles. The highest BCUT2D eigenvalue weighted by molar-refractivity contribution is 6.22. The lowest BCUT2D eigenvalue weighted by Gasteiger charge is -2.53. The van der Waals surface area contributed by atoms with Crippen LogP contribution in [-0.4, -0.2) is 39.2 Å². The van der Waals surface area contributed by atoms with Crippen LogP contribution in [0.2, 0.25) is 0 Å². The SMILES string of the molecule is CC(C)(CO)N=C1C=CC2=N[C@]34CCCC[C@H]3[C@@H](c3ccccc3)C=C(c3ccccc3)N4C2=C1. The van der Waals surface area contributed by atoms with Gasteiger partial charge in [-0.2, -0.15) is 0 Å². The lowest BCUT2D eigenvalue weighted by Crippen LogP contribution is -2.54. The molecule has 0 unspecified atom stereocenters. The maximum Gasteiger partial charge on any atom is 0.140 e. The smallest absolute Gasteiger partial charge is 0.140 e. The molecule has 1 saturated carbocycles. The average Bonchev–Trinajstić information content (AvgIpc) is 3.21. The van der Waals surface area contributed by atoms with Crippen molar-refractivity contribution in [3.05, 3.63) is 102 Å². The van der Waals surface area contributed by atoms with Crippen molar-refractivity contribution in [2.24, 2.45) is 15.9 Å². The van der Waals surface area contributed by atoms with Crippen molar-refractivity contribution in [1.29, 1.82) is 0 Å². The minimum absolute atomic E-state index is 0.0120. The Kier molecular flexibility index (Phi) is 5.37. The summed E-state index contributed by atoms with van der Waals surface area (Å²) < 4.78 is 0. The number of aliphatic hydroxyl groups is 1. The van der Waals surface area contributed by atoms with Gasteiger partial charge in [0.25, 0.3) is 0 Å². The number of fused-ring (bicyclic) bond motifs is 2. The minimum Gasteiger partial charge on any atom is -0.394 e. The minimum atomic E-state index is -0.520. The Hall–Kier alpha value is -3.24. The van der Waals surface area contributed by atoms with Crippen LogP contribution < -0.4 is 0 Å². The number of benzene rings is 2. The summed E-state index contributed by atoms with van der Waals surface area (Å²) in [4.78, 5) is 12.9. The molecule has 3 atom stereocenters. The lowest BCUT2D eigenvalue weighted by atomic mass is 9.66. The Balaban J connectivity index is 1.56. The molecule has 2 aliphatic heterocycles. The predicted molar refractivity (Wildman–Crippen MR) is 143 cm³/mol. The Labute approximate surface area is 208 Å². The molecule has 4 heteroatoms. The number of hydrogen-bond donors (Lipinski definition) is 1. The quantitative estimate of drug-likeness (QED) is 0.554. The van der Waals surface area contributed by atoms with E-state index < -0.39 is 5.54 Å². The van der Waals surface area contributed by atoms with E-state index in [-0.39, 0.29) is 12.3 Å². The van der Waals surface area contributed by atoms with Gasteiger partial charge in [-0.25, -0.2) is 0 Å². The maximum atomic E-state index is 9.79. The number of aliphatic imine (C=N–C) groups is 2. The molecule has 4 nitrogen and oxygen atoms in total. The zero-order valence-electron chi connectivity index (χ0n) is 20.6. The van der Waals surface area contributed by atoms with E-state index in [1.165, 1.54) is 36.1 Å². The monoisotopic (exact) mass is 463 g/mol. The lowest BCUT2D eigenvalue weighted by molar-refractivity contribution is 0.0687. The number of rotatable bonds is 4. The van der Waals surface area contributed by atoms with Gasteiger partial charge >= 0.3 is 0 Å². The molecule has 1 fully saturated rings. The highest BCUT2D eigenvalue weighted by Crippen LogP contribution is 2.57. The first-order chi connectivity index (χ1) is 17.0. The normalized spacial score (nSPS) is 28.6. The van der Waals surface area contributed by atoms with Crippen LogP contribution in [0.1, 0.15) is 56.6 Å². The van der Waals surface area contributed by atoms with Gasteiger partial charge in [-0.3, -0.25) is 9.98 Å². The zero-order valence-corrected chi connectivity index (χ0v) is 20.6. The van der Waals surface area contributed by atoms with Crippen LogP contribution in [-0.2, 0) is 0 Å². The van der Waals surface area contributed by atoms with Crippen LogP contribution in [0, 0.1) is 5.92 Å². The van der Waals surface area contributed by atoms with Crippen molar-refractivity contribution in [3.8, 4) is 0 Å². The fraction of sp³-hybridized carbons (Fsp3) is 0.355. The van der Waals surface area contributed by atoms with Crippen molar-refractivity contribution in [2.45, 2.75) is 56.7 Å². The van der Waals surface area contributed by atoms with Crippen LogP contribution in [0.25, 0.3) is 5.70 Å². The van der Waals surface area contributed by atoms with E-state index in [1.54, 1.807) is 0 Å². The molecule has 2 aliphatic carbocycles. The Morgan fingerprint density at radius 2 is 1.74 bits per heavy atom. The average molecular weight is 464 g/mol. The molecule has 178 valence electrons. The molecular weight excluding hydrogens is 430 g/mol. The van der Waals surface area contributed by atoms with E-state index >= 15 is 0 Å². The summed E-state index contributed by atoms with van der Waals surface area (Å²) in [6.45, 7) is 3.94. The highest BCUT2D eigenvalue weighted by atomic mass is 16.3. The van der Waals surface area contributed by atoms with E-state index in [4.69, 9.17) is 9.98 Å². The van der Waals surface area contributed by atoms with Gasteiger partial charge in [0.15, 0.2) is 0 Å². The molecule has 35 heavy (non-hydrogen) atoms. The summed E-state index contributed by atoms with van der Waals surface area (Å²) in [5.74, 6) is 0.728. The van der Waals surface area contributed by atoms with Crippen LogP contribution in [0.5, 0.6) is 0 Å². The molecule has 1 N–H and O–H groups in total. The molecule has 0 saturated heterocycles. The fourth-order valence-electron chi connectivity index (χ4n) is 6.29. The van der Waals surface area contributed by atoms with Gasteiger partial charge < -0.3 is 10.0 Å². The molecule has 2 heterocycles. The molecule has 6 rings (SSSR count). The van der Waals surface area contributed by atoms with Crippen molar-refractivity contribution < 1.29 is 5.11 Å². The molecule has 4 aliphatic rings. The summed E-state index contributed by atoms with van der Waals surface area (Å²) >= 11 is 0. The van der Waals surface area contributed by atoms with Gasteiger partial charge in [-0.05, 0) is 62.5 Å². The van der Waals surface area contributed by atoms with E-state index in [9.17, 15) is 5.11 Å².